The molecule has 0 saturated carbocycles. The summed E-state index contributed by atoms with van der Waals surface area (Å²) in [4.78, 5) is 38.1. The maximum Gasteiger partial charge on any atom is 0.306 e. The lowest BCUT2D eigenvalue weighted by Crippen LogP contribution is -2.30. The number of hydrogen-bond donors (Lipinski definition) is 0. The largest absolute Gasteiger partial charge is 0.462 e. The lowest BCUT2D eigenvalue weighted by atomic mass is 10.0. The fourth-order valence-corrected chi connectivity index (χ4v) is 8.47. The van der Waals surface area contributed by atoms with Gasteiger partial charge >= 0.3 is 17.9 Å². The third-order valence-electron chi connectivity index (χ3n) is 12.9. The van der Waals surface area contributed by atoms with Gasteiger partial charge in [-0.05, 0) is 77.0 Å². The summed E-state index contributed by atoms with van der Waals surface area (Å²) in [6.07, 6.45) is 65.6. The Bertz CT molecular complexity index is 1110. The average molecular weight is 928 g/mol. The van der Waals surface area contributed by atoms with Gasteiger partial charge in [-0.1, -0.05) is 250 Å². The molecule has 0 bridgehead atoms. The first-order valence-electron chi connectivity index (χ1n) is 29.0. The summed E-state index contributed by atoms with van der Waals surface area (Å²) in [5.41, 5.74) is 0. The minimum atomic E-state index is -0.773. The van der Waals surface area contributed by atoms with Crippen LogP contribution in [0.15, 0.2) is 36.5 Å². The van der Waals surface area contributed by atoms with E-state index in [4.69, 9.17) is 14.2 Å². The van der Waals surface area contributed by atoms with Gasteiger partial charge in [0.25, 0.3) is 0 Å². The monoisotopic (exact) mass is 927 g/mol. The molecule has 0 amide bonds. The van der Waals surface area contributed by atoms with Crippen LogP contribution in [0.2, 0.25) is 0 Å². The van der Waals surface area contributed by atoms with Gasteiger partial charge in [0.05, 0.1) is 0 Å². The molecule has 0 aromatic carbocycles. The Kier molecular flexibility index (Phi) is 53.2. The first-order chi connectivity index (χ1) is 32.5. The first-order valence-corrected chi connectivity index (χ1v) is 29.0. The SMILES string of the molecule is CCCCC/C=C\C/C=C\CCCCCCCCCCCC(=O)OC[C@@H](COC(=O)CCCCCCCCCCCCCC)OC(=O)CCCCCCCCC/C=C\CCCCCCCC. The van der Waals surface area contributed by atoms with Crippen LogP contribution >= 0.6 is 0 Å². The van der Waals surface area contributed by atoms with Gasteiger partial charge < -0.3 is 14.2 Å². The lowest BCUT2D eigenvalue weighted by molar-refractivity contribution is -0.167. The second-order valence-corrected chi connectivity index (χ2v) is 19.6. The fourth-order valence-electron chi connectivity index (χ4n) is 8.47. The van der Waals surface area contributed by atoms with Gasteiger partial charge in [0.15, 0.2) is 6.10 Å². The highest BCUT2D eigenvalue weighted by atomic mass is 16.6. The maximum absolute atomic E-state index is 12.8. The maximum atomic E-state index is 12.8. The number of ether oxygens (including phenoxy) is 3. The Morgan fingerprint density at radius 1 is 0.303 bits per heavy atom. The molecular weight excluding hydrogens is 817 g/mol. The number of unbranched alkanes of at least 4 members (excludes halogenated alkanes) is 36. The summed E-state index contributed by atoms with van der Waals surface area (Å²) in [7, 11) is 0. The third-order valence-corrected chi connectivity index (χ3v) is 12.9. The van der Waals surface area contributed by atoms with Crippen molar-refractivity contribution in [2.75, 3.05) is 13.2 Å². The van der Waals surface area contributed by atoms with E-state index in [0.717, 1.165) is 64.2 Å². The van der Waals surface area contributed by atoms with Crippen molar-refractivity contribution in [1.29, 1.82) is 0 Å². The van der Waals surface area contributed by atoms with E-state index in [1.165, 1.54) is 205 Å². The molecule has 0 radical (unpaired) electrons. The van der Waals surface area contributed by atoms with Gasteiger partial charge in [-0.2, -0.15) is 0 Å². The molecule has 0 N–H and O–H groups in total. The lowest BCUT2D eigenvalue weighted by Gasteiger charge is -2.18. The van der Waals surface area contributed by atoms with Gasteiger partial charge in [-0.25, -0.2) is 0 Å². The van der Waals surface area contributed by atoms with E-state index in [9.17, 15) is 14.4 Å². The summed E-state index contributed by atoms with van der Waals surface area (Å²) in [5, 5.41) is 0. The topological polar surface area (TPSA) is 78.9 Å². The van der Waals surface area contributed by atoms with Crippen LogP contribution in [0.4, 0.5) is 0 Å². The van der Waals surface area contributed by atoms with Crippen molar-refractivity contribution in [1.82, 2.24) is 0 Å². The first kappa shape index (κ1) is 63.6. The second kappa shape index (κ2) is 55.2. The molecule has 0 spiro atoms. The molecule has 386 valence electrons. The second-order valence-electron chi connectivity index (χ2n) is 19.6. The zero-order valence-corrected chi connectivity index (χ0v) is 44.2. The van der Waals surface area contributed by atoms with E-state index in [1.54, 1.807) is 0 Å². The Balaban J connectivity index is 4.32. The van der Waals surface area contributed by atoms with Crippen LogP contribution in [-0.4, -0.2) is 37.2 Å². The van der Waals surface area contributed by atoms with E-state index >= 15 is 0 Å². The van der Waals surface area contributed by atoms with Gasteiger partial charge in [0.1, 0.15) is 13.2 Å². The highest BCUT2D eigenvalue weighted by Gasteiger charge is 2.19. The molecule has 0 rings (SSSR count). The molecule has 0 saturated heterocycles. The minimum Gasteiger partial charge on any atom is -0.462 e. The average Bonchev–Trinajstić information content (AvgIpc) is 3.31. The van der Waals surface area contributed by atoms with Crippen LogP contribution in [0.5, 0.6) is 0 Å². The van der Waals surface area contributed by atoms with E-state index < -0.39 is 6.10 Å². The van der Waals surface area contributed by atoms with Crippen LogP contribution in [0.1, 0.15) is 310 Å². The van der Waals surface area contributed by atoms with Crippen LogP contribution < -0.4 is 0 Å². The zero-order valence-electron chi connectivity index (χ0n) is 44.2. The molecule has 0 aromatic heterocycles. The fraction of sp³-hybridized carbons (Fsp3) is 0.850. The van der Waals surface area contributed by atoms with Gasteiger partial charge in [-0.15, -0.1) is 0 Å². The molecule has 0 aromatic rings. The van der Waals surface area contributed by atoms with Gasteiger partial charge in [0, 0.05) is 19.3 Å². The van der Waals surface area contributed by atoms with Crippen molar-refractivity contribution in [2.45, 2.75) is 316 Å². The molecule has 0 unspecified atom stereocenters. The van der Waals surface area contributed by atoms with Crippen molar-refractivity contribution in [3.8, 4) is 0 Å². The Morgan fingerprint density at radius 2 is 0.545 bits per heavy atom. The normalized spacial score (nSPS) is 12.2. The molecule has 0 aliphatic heterocycles. The van der Waals surface area contributed by atoms with Crippen LogP contribution in [0, 0.1) is 0 Å². The summed E-state index contributed by atoms with van der Waals surface area (Å²) in [6, 6.07) is 0. The number of hydrogen-bond acceptors (Lipinski definition) is 6. The molecule has 6 heteroatoms. The standard InChI is InChI=1S/C60H110O6/c1-4-7-10-13-16-19-22-25-27-29-30-32-33-35-38-41-44-47-50-53-59(62)65-56-57(55-64-58(61)52-49-46-43-40-37-24-21-18-15-12-9-6-3)66-60(63)54-51-48-45-42-39-36-34-31-28-26-23-20-17-14-11-8-5-2/h16,19,25-28,57H,4-15,17-18,20-24,29-56H2,1-3H3/b19-16-,27-25-,28-26-/t57-/m1/s1. The van der Waals surface area contributed by atoms with Crippen molar-refractivity contribution in [2.24, 2.45) is 0 Å². The highest BCUT2D eigenvalue weighted by Crippen LogP contribution is 2.16. The Morgan fingerprint density at radius 3 is 0.879 bits per heavy atom. The van der Waals surface area contributed by atoms with Gasteiger partial charge in [0.2, 0.25) is 0 Å². The molecule has 0 fully saturated rings. The zero-order chi connectivity index (χ0) is 47.9. The van der Waals surface area contributed by atoms with Crippen LogP contribution in [0.3, 0.4) is 0 Å². The van der Waals surface area contributed by atoms with E-state index in [2.05, 4.69) is 57.2 Å². The molecule has 6 nitrogen and oxygen atoms in total. The quantitative estimate of drug-likeness (QED) is 0.0262. The molecule has 66 heavy (non-hydrogen) atoms. The number of carbonyl (C=O) groups excluding carboxylic acids is 3. The molecule has 0 heterocycles. The van der Waals surface area contributed by atoms with E-state index in [1.807, 2.05) is 0 Å². The predicted octanol–water partition coefficient (Wildman–Crippen LogP) is 19.3. The van der Waals surface area contributed by atoms with Crippen molar-refractivity contribution < 1.29 is 28.6 Å². The molecule has 0 aliphatic carbocycles. The predicted molar refractivity (Wildman–Crippen MR) is 284 cm³/mol. The summed E-state index contributed by atoms with van der Waals surface area (Å²) >= 11 is 0. The van der Waals surface area contributed by atoms with Crippen LogP contribution in [0.25, 0.3) is 0 Å². The summed E-state index contributed by atoms with van der Waals surface area (Å²) in [6.45, 7) is 6.64. The van der Waals surface area contributed by atoms with Crippen molar-refractivity contribution in [3.63, 3.8) is 0 Å². The number of carbonyl (C=O) groups is 3. The minimum absolute atomic E-state index is 0.0715. The van der Waals surface area contributed by atoms with Crippen molar-refractivity contribution in [3.05, 3.63) is 36.5 Å². The summed E-state index contributed by atoms with van der Waals surface area (Å²) in [5.74, 6) is -0.864. The van der Waals surface area contributed by atoms with E-state index in [0.29, 0.717) is 19.3 Å². The van der Waals surface area contributed by atoms with Crippen LogP contribution in [-0.2, 0) is 28.6 Å². The Hall–Kier alpha value is -2.37. The number of esters is 3. The number of rotatable bonds is 53. The van der Waals surface area contributed by atoms with E-state index in [-0.39, 0.29) is 31.1 Å². The third kappa shape index (κ3) is 52.6. The Labute approximate surface area is 410 Å². The molecule has 0 aliphatic rings. The summed E-state index contributed by atoms with van der Waals surface area (Å²) < 4.78 is 16.9. The number of allylic oxidation sites excluding steroid dienone is 6. The highest BCUT2D eigenvalue weighted by molar-refractivity contribution is 5.71. The molecular formula is C60H110O6. The smallest absolute Gasteiger partial charge is 0.306 e. The molecule has 1 atom stereocenters. The van der Waals surface area contributed by atoms with Crippen molar-refractivity contribution >= 4 is 17.9 Å². The van der Waals surface area contributed by atoms with Gasteiger partial charge in [-0.3, -0.25) is 14.4 Å².